The number of ether oxygens (including phenoxy) is 1. The number of hydrogen-bond acceptors (Lipinski definition) is 2. The molecule has 2 aromatic carbocycles. The molecule has 4 heteroatoms. The summed E-state index contributed by atoms with van der Waals surface area (Å²) in [5.74, 6) is 1.65. The summed E-state index contributed by atoms with van der Waals surface area (Å²) in [6.07, 6.45) is 0. The highest BCUT2D eigenvalue weighted by Crippen LogP contribution is 2.33. The maximum Gasteiger partial charge on any atom is 0.141 e. The molecule has 0 heterocycles. The molecule has 0 aliphatic heterocycles. The third kappa shape index (κ3) is 3.62. The smallest absolute Gasteiger partial charge is 0.141 e. The quantitative estimate of drug-likeness (QED) is 0.724. The molecule has 0 aromatic heterocycles. The zero-order valence-electron chi connectivity index (χ0n) is 11.7. The van der Waals surface area contributed by atoms with Gasteiger partial charge in [0.2, 0.25) is 0 Å². The molecule has 0 aliphatic carbocycles. The Bertz CT molecular complexity index is 613. The van der Waals surface area contributed by atoms with Crippen molar-refractivity contribution in [1.82, 2.24) is 5.32 Å². The van der Waals surface area contributed by atoms with Crippen molar-refractivity contribution < 1.29 is 4.74 Å². The van der Waals surface area contributed by atoms with Crippen molar-refractivity contribution >= 4 is 31.9 Å². The van der Waals surface area contributed by atoms with Gasteiger partial charge in [0.25, 0.3) is 0 Å². The third-order valence-electron chi connectivity index (χ3n) is 3.25. The summed E-state index contributed by atoms with van der Waals surface area (Å²) in [6, 6.07) is 12.4. The van der Waals surface area contributed by atoms with Crippen molar-refractivity contribution in [1.29, 1.82) is 0 Å². The lowest BCUT2D eigenvalue weighted by molar-refractivity contribution is 0.478. The van der Waals surface area contributed by atoms with Gasteiger partial charge in [0, 0.05) is 10.5 Å². The molecule has 106 valence electrons. The van der Waals surface area contributed by atoms with Crippen LogP contribution in [0.3, 0.4) is 0 Å². The van der Waals surface area contributed by atoms with Crippen LogP contribution in [-0.2, 0) is 0 Å². The molecule has 0 spiro atoms. The molecule has 0 amide bonds. The third-order valence-corrected chi connectivity index (χ3v) is 4.76. The standard InChI is InChI=1S/C16H17Br2NO/c1-10-8-13(5-6-14(10)17)20-16-7-4-12(9-15(16)18)11(2)19-3/h4-9,11,19H,1-3H3. The molecule has 0 fully saturated rings. The average Bonchev–Trinajstić information content (AvgIpc) is 2.44. The monoisotopic (exact) mass is 397 g/mol. The Balaban J connectivity index is 2.23. The molecular formula is C16H17Br2NO. The van der Waals surface area contributed by atoms with Crippen LogP contribution in [0.25, 0.3) is 0 Å². The van der Waals surface area contributed by atoms with Crippen molar-refractivity contribution in [3.8, 4) is 11.5 Å². The predicted octanol–water partition coefficient (Wildman–Crippen LogP) is 5.59. The molecule has 0 radical (unpaired) electrons. The van der Waals surface area contributed by atoms with E-state index in [0.29, 0.717) is 6.04 Å². The number of halogens is 2. The van der Waals surface area contributed by atoms with Crippen molar-refractivity contribution in [3.05, 3.63) is 56.5 Å². The van der Waals surface area contributed by atoms with Gasteiger partial charge < -0.3 is 10.1 Å². The average molecular weight is 399 g/mol. The van der Waals surface area contributed by atoms with Gasteiger partial charge in [-0.25, -0.2) is 0 Å². The molecule has 0 aliphatic rings. The van der Waals surface area contributed by atoms with Crippen LogP contribution in [-0.4, -0.2) is 7.05 Å². The SMILES string of the molecule is CNC(C)c1ccc(Oc2ccc(Br)c(C)c2)c(Br)c1. The Hall–Kier alpha value is -0.840. The Morgan fingerprint density at radius 3 is 2.40 bits per heavy atom. The number of nitrogens with one attached hydrogen (secondary N) is 1. The van der Waals surface area contributed by atoms with Gasteiger partial charge in [-0.05, 0) is 78.3 Å². The van der Waals surface area contributed by atoms with E-state index in [1.807, 2.05) is 38.2 Å². The molecule has 2 nitrogen and oxygen atoms in total. The number of rotatable bonds is 4. The van der Waals surface area contributed by atoms with Gasteiger partial charge in [-0.15, -0.1) is 0 Å². The highest BCUT2D eigenvalue weighted by Gasteiger charge is 2.08. The summed E-state index contributed by atoms with van der Waals surface area (Å²) < 4.78 is 7.97. The molecule has 2 rings (SSSR count). The van der Waals surface area contributed by atoms with Crippen LogP contribution in [0.2, 0.25) is 0 Å². The first kappa shape index (κ1) is 15.5. The highest BCUT2D eigenvalue weighted by molar-refractivity contribution is 9.10. The molecule has 0 saturated heterocycles. The van der Waals surface area contributed by atoms with E-state index in [1.54, 1.807) is 0 Å². The zero-order valence-corrected chi connectivity index (χ0v) is 14.9. The zero-order chi connectivity index (χ0) is 14.7. The second kappa shape index (κ2) is 6.74. The maximum atomic E-state index is 5.93. The van der Waals surface area contributed by atoms with E-state index in [1.165, 1.54) is 5.56 Å². The Morgan fingerprint density at radius 1 is 1.05 bits per heavy atom. The van der Waals surface area contributed by atoms with Gasteiger partial charge >= 0.3 is 0 Å². The van der Waals surface area contributed by atoms with Crippen LogP contribution in [0.15, 0.2) is 45.3 Å². The van der Waals surface area contributed by atoms with Crippen LogP contribution in [0.5, 0.6) is 11.5 Å². The summed E-state index contributed by atoms with van der Waals surface area (Å²) in [4.78, 5) is 0. The number of benzene rings is 2. The molecule has 20 heavy (non-hydrogen) atoms. The fourth-order valence-corrected chi connectivity index (χ4v) is 2.57. The lowest BCUT2D eigenvalue weighted by Crippen LogP contribution is -2.12. The van der Waals surface area contributed by atoms with Crippen LogP contribution in [0.4, 0.5) is 0 Å². The summed E-state index contributed by atoms with van der Waals surface area (Å²) in [5, 5.41) is 3.22. The van der Waals surface area contributed by atoms with Crippen molar-refractivity contribution in [2.75, 3.05) is 7.05 Å². The van der Waals surface area contributed by atoms with Gasteiger partial charge in [0.05, 0.1) is 4.47 Å². The van der Waals surface area contributed by atoms with E-state index in [2.05, 4.69) is 56.2 Å². The van der Waals surface area contributed by atoms with E-state index in [9.17, 15) is 0 Å². The predicted molar refractivity (Wildman–Crippen MR) is 90.6 cm³/mol. The molecule has 0 saturated carbocycles. The second-order valence-electron chi connectivity index (χ2n) is 4.71. The van der Waals surface area contributed by atoms with E-state index in [4.69, 9.17) is 4.74 Å². The summed E-state index contributed by atoms with van der Waals surface area (Å²) >= 11 is 7.06. The lowest BCUT2D eigenvalue weighted by atomic mass is 10.1. The number of aryl methyl sites for hydroxylation is 1. The van der Waals surface area contributed by atoms with Crippen LogP contribution in [0, 0.1) is 6.92 Å². The lowest BCUT2D eigenvalue weighted by Gasteiger charge is -2.14. The van der Waals surface area contributed by atoms with Crippen LogP contribution >= 0.6 is 31.9 Å². The first-order valence-electron chi connectivity index (χ1n) is 6.42. The largest absolute Gasteiger partial charge is 0.456 e. The summed E-state index contributed by atoms with van der Waals surface area (Å²) in [5.41, 5.74) is 2.37. The molecule has 1 unspecified atom stereocenters. The van der Waals surface area contributed by atoms with Crippen molar-refractivity contribution in [2.24, 2.45) is 0 Å². The van der Waals surface area contributed by atoms with E-state index < -0.39 is 0 Å². The van der Waals surface area contributed by atoms with Gasteiger partial charge in [-0.1, -0.05) is 22.0 Å². The van der Waals surface area contributed by atoms with E-state index in [-0.39, 0.29) is 0 Å². The van der Waals surface area contributed by atoms with Crippen LogP contribution in [0.1, 0.15) is 24.1 Å². The van der Waals surface area contributed by atoms with Gasteiger partial charge in [-0.3, -0.25) is 0 Å². The van der Waals surface area contributed by atoms with Crippen LogP contribution < -0.4 is 10.1 Å². The van der Waals surface area contributed by atoms with Crippen molar-refractivity contribution in [3.63, 3.8) is 0 Å². The van der Waals surface area contributed by atoms with Crippen molar-refractivity contribution in [2.45, 2.75) is 19.9 Å². The fraction of sp³-hybridized carbons (Fsp3) is 0.250. The van der Waals surface area contributed by atoms with Gasteiger partial charge in [0.15, 0.2) is 0 Å². The minimum Gasteiger partial charge on any atom is -0.456 e. The Labute approximate surface area is 136 Å². The normalized spacial score (nSPS) is 12.2. The maximum absolute atomic E-state index is 5.93. The van der Waals surface area contributed by atoms with Gasteiger partial charge in [-0.2, -0.15) is 0 Å². The highest BCUT2D eigenvalue weighted by atomic mass is 79.9. The topological polar surface area (TPSA) is 21.3 Å². The molecular weight excluding hydrogens is 382 g/mol. The fourth-order valence-electron chi connectivity index (χ4n) is 1.84. The molecule has 2 aromatic rings. The Morgan fingerprint density at radius 2 is 1.80 bits per heavy atom. The minimum atomic E-state index is 0.315. The summed E-state index contributed by atoms with van der Waals surface area (Å²) in [6.45, 7) is 4.17. The molecule has 1 atom stereocenters. The minimum absolute atomic E-state index is 0.315. The van der Waals surface area contributed by atoms with Gasteiger partial charge in [0.1, 0.15) is 11.5 Å². The first-order valence-corrected chi connectivity index (χ1v) is 8.00. The molecule has 1 N–H and O–H groups in total. The van der Waals surface area contributed by atoms with E-state index in [0.717, 1.165) is 26.0 Å². The Kier molecular flexibility index (Phi) is 5.24. The molecule has 0 bridgehead atoms. The second-order valence-corrected chi connectivity index (χ2v) is 6.42. The van der Waals surface area contributed by atoms with E-state index >= 15 is 0 Å². The first-order chi connectivity index (χ1) is 9.51. The number of hydrogen-bond donors (Lipinski definition) is 1. The summed E-state index contributed by atoms with van der Waals surface area (Å²) in [7, 11) is 1.95.